The smallest absolute Gasteiger partial charge is 0.257 e. The third kappa shape index (κ3) is 4.30. The molecule has 0 aliphatic carbocycles. The van der Waals surface area contributed by atoms with Crippen molar-refractivity contribution in [2.24, 2.45) is 0 Å². The Morgan fingerprint density at radius 1 is 1.18 bits per heavy atom. The minimum atomic E-state index is -0.102. The maximum Gasteiger partial charge on any atom is 0.257 e. The molecule has 0 spiro atoms. The van der Waals surface area contributed by atoms with Crippen molar-refractivity contribution in [1.82, 2.24) is 19.9 Å². The van der Waals surface area contributed by atoms with Gasteiger partial charge in [0.15, 0.2) is 11.5 Å². The number of nitrogens with zero attached hydrogens (tertiary/aromatic N) is 3. The Hall–Kier alpha value is -3.24. The second kappa shape index (κ2) is 9.55. The minimum absolute atomic E-state index is 0.102. The number of aromatic amines is 1. The van der Waals surface area contributed by atoms with Crippen LogP contribution in [0.4, 0.5) is 17.5 Å². The second-order valence-corrected chi connectivity index (χ2v) is 8.66. The minimum Gasteiger partial charge on any atom is -0.485 e. The van der Waals surface area contributed by atoms with E-state index in [-0.39, 0.29) is 11.9 Å². The molecule has 0 radical (unpaired) electrons. The normalized spacial score (nSPS) is 16.4. The molecule has 5 rings (SSSR count). The number of benzene rings is 1. The summed E-state index contributed by atoms with van der Waals surface area (Å²) >= 11 is 6.37. The van der Waals surface area contributed by atoms with Gasteiger partial charge in [-0.25, -0.2) is 0 Å². The first-order valence-corrected chi connectivity index (χ1v) is 11.8. The molecule has 1 amide bonds. The first-order valence-electron chi connectivity index (χ1n) is 11.4. The molecule has 3 N–H and O–H groups in total. The van der Waals surface area contributed by atoms with Gasteiger partial charge in [0.1, 0.15) is 24.7 Å². The summed E-state index contributed by atoms with van der Waals surface area (Å²) in [4.78, 5) is 27.2. The summed E-state index contributed by atoms with van der Waals surface area (Å²) in [6.07, 6.45) is 2.62. The molecule has 4 heterocycles. The zero-order chi connectivity index (χ0) is 23.7. The summed E-state index contributed by atoms with van der Waals surface area (Å²) in [5.74, 6) is 1.79. The molecule has 2 aliphatic heterocycles. The largest absolute Gasteiger partial charge is 0.485 e. The van der Waals surface area contributed by atoms with Crippen LogP contribution in [0.1, 0.15) is 30.6 Å². The molecule has 1 fully saturated rings. The number of nitrogens with one attached hydrogen (secondary N) is 3. The average Bonchev–Trinajstić information content (AvgIpc) is 3.25. The highest BCUT2D eigenvalue weighted by Crippen LogP contribution is 2.42. The van der Waals surface area contributed by atoms with Crippen molar-refractivity contribution in [2.75, 3.05) is 50.2 Å². The Bertz CT molecular complexity index is 1210. The average molecular weight is 487 g/mol. The number of H-pyrrole nitrogens is 1. The lowest BCUT2D eigenvalue weighted by Crippen LogP contribution is -2.41. The number of aromatic nitrogens is 3. The van der Waals surface area contributed by atoms with E-state index >= 15 is 0 Å². The molecule has 10 nitrogen and oxygen atoms in total. The molecule has 180 valence electrons. The molecule has 34 heavy (non-hydrogen) atoms. The molecule has 11 heteroatoms. The van der Waals surface area contributed by atoms with Crippen molar-refractivity contribution in [3.8, 4) is 11.5 Å². The number of halogens is 1. The van der Waals surface area contributed by atoms with Crippen LogP contribution in [0.15, 0.2) is 18.3 Å². The third-order valence-corrected chi connectivity index (χ3v) is 6.24. The molecule has 2 aromatic heterocycles. The fourth-order valence-corrected chi connectivity index (χ4v) is 4.19. The maximum atomic E-state index is 13.1. The van der Waals surface area contributed by atoms with E-state index in [1.54, 1.807) is 23.2 Å². The lowest BCUT2D eigenvalue weighted by atomic mass is 10.1. The van der Waals surface area contributed by atoms with Gasteiger partial charge in [0, 0.05) is 25.3 Å². The summed E-state index contributed by atoms with van der Waals surface area (Å²) in [6.45, 7) is 7.07. The van der Waals surface area contributed by atoms with E-state index < -0.39 is 0 Å². The highest BCUT2D eigenvalue weighted by Gasteiger charge is 2.28. The van der Waals surface area contributed by atoms with Crippen LogP contribution in [0.3, 0.4) is 0 Å². The van der Waals surface area contributed by atoms with Crippen molar-refractivity contribution in [3.63, 3.8) is 0 Å². The highest BCUT2D eigenvalue weighted by molar-refractivity contribution is 6.36. The van der Waals surface area contributed by atoms with Crippen LogP contribution in [-0.2, 0) is 4.74 Å². The number of hydrogen-bond acceptors (Lipinski definition) is 8. The monoisotopic (exact) mass is 486 g/mol. The Labute approximate surface area is 201 Å². The Kier molecular flexibility index (Phi) is 6.34. The quantitative estimate of drug-likeness (QED) is 0.482. The zero-order valence-corrected chi connectivity index (χ0v) is 19.9. The molecule has 0 saturated carbocycles. The van der Waals surface area contributed by atoms with E-state index in [0.29, 0.717) is 84.7 Å². The summed E-state index contributed by atoms with van der Waals surface area (Å²) in [7, 11) is 0. The number of fused-ring (bicyclic) bond motifs is 2. The number of ether oxygens (including phenoxy) is 3. The van der Waals surface area contributed by atoms with Crippen LogP contribution >= 0.6 is 11.6 Å². The lowest BCUT2D eigenvalue weighted by Gasteiger charge is -2.29. The van der Waals surface area contributed by atoms with Gasteiger partial charge in [-0.05, 0) is 25.5 Å². The first-order chi connectivity index (χ1) is 16.5. The van der Waals surface area contributed by atoms with Crippen molar-refractivity contribution in [2.45, 2.75) is 26.3 Å². The van der Waals surface area contributed by atoms with Gasteiger partial charge in [-0.1, -0.05) is 18.5 Å². The summed E-state index contributed by atoms with van der Waals surface area (Å²) in [5.41, 5.74) is 1.69. The first kappa shape index (κ1) is 22.5. The Morgan fingerprint density at radius 2 is 1.94 bits per heavy atom. The van der Waals surface area contributed by atoms with E-state index in [9.17, 15) is 4.79 Å². The van der Waals surface area contributed by atoms with E-state index in [4.69, 9.17) is 25.8 Å². The summed E-state index contributed by atoms with van der Waals surface area (Å²) in [5, 5.41) is 7.92. The van der Waals surface area contributed by atoms with Gasteiger partial charge in [-0.3, -0.25) is 4.79 Å². The van der Waals surface area contributed by atoms with Crippen molar-refractivity contribution >= 4 is 46.0 Å². The number of carbonyl (C=O) groups is 1. The highest BCUT2D eigenvalue weighted by atomic mass is 35.5. The van der Waals surface area contributed by atoms with Crippen LogP contribution in [-0.4, -0.2) is 71.3 Å². The van der Waals surface area contributed by atoms with Crippen molar-refractivity contribution < 1.29 is 19.0 Å². The third-order valence-electron chi connectivity index (χ3n) is 5.94. The SMILES string of the molecule is CC[C@H](C)Nc1nc(Nc2ccc(C(=O)N3CCOCC3)c3c2OCCO3)nc2[nH]cc(Cl)c12. The molecule has 1 aromatic carbocycles. The van der Waals surface area contributed by atoms with E-state index in [0.717, 1.165) is 11.8 Å². The maximum absolute atomic E-state index is 13.1. The molecule has 2 aliphatic rings. The van der Waals surface area contributed by atoms with Crippen LogP contribution in [0.2, 0.25) is 5.02 Å². The predicted octanol–water partition coefficient (Wildman–Crippen LogP) is 3.81. The molecule has 1 saturated heterocycles. The van der Waals surface area contributed by atoms with Gasteiger partial charge in [-0.15, -0.1) is 0 Å². The van der Waals surface area contributed by atoms with Gasteiger partial charge < -0.3 is 34.7 Å². The second-order valence-electron chi connectivity index (χ2n) is 8.26. The summed E-state index contributed by atoms with van der Waals surface area (Å²) < 4.78 is 17.2. The fraction of sp³-hybridized carbons (Fsp3) is 0.435. The van der Waals surface area contributed by atoms with Gasteiger partial charge in [0.2, 0.25) is 5.95 Å². The molecule has 3 aromatic rings. The molecular formula is C23H27ClN6O4. The van der Waals surface area contributed by atoms with E-state index in [1.165, 1.54) is 0 Å². The van der Waals surface area contributed by atoms with Crippen LogP contribution < -0.4 is 20.1 Å². The van der Waals surface area contributed by atoms with Crippen LogP contribution in [0, 0.1) is 0 Å². The van der Waals surface area contributed by atoms with Crippen LogP contribution in [0.5, 0.6) is 11.5 Å². The number of rotatable bonds is 6. The topological polar surface area (TPSA) is 114 Å². The van der Waals surface area contributed by atoms with Gasteiger partial charge in [0.05, 0.1) is 34.9 Å². The number of morpholine rings is 1. The van der Waals surface area contributed by atoms with Gasteiger partial charge in [-0.2, -0.15) is 9.97 Å². The Morgan fingerprint density at radius 3 is 2.71 bits per heavy atom. The van der Waals surface area contributed by atoms with Crippen molar-refractivity contribution in [1.29, 1.82) is 0 Å². The van der Waals surface area contributed by atoms with E-state index in [1.807, 2.05) is 0 Å². The molecule has 0 bridgehead atoms. The summed E-state index contributed by atoms with van der Waals surface area (Å²) in [6, 6.07) is 3.74. The Balaban J connectivity index is 1.49. The number of hydrogen-bond donors (Lipinski definition) is 3. The molecule has 0 unspecified atom stereocenters. The predicted molar refractivity (Wildman–Crippen MR) is 130 cm³/mol. The van der Waals surface area contributed by atoms with Gasteiger partial charge in [0.25, 0.3) is 5.91 Å². The van der Waals surface area contributed by atoms with Crippen LogP contribution in [0.25, 0.3) is 11.0 Å². The standard InChI is InChI=1S/C23H27ClN6O4/c1-3-13(2)26-21-17-15(24)12-25-20(17)28-23(29-21)27-16-5-4-14(18-19(16)34-11-10-33-18)22(31)30-6-8-32-9-7-30/h4-5,12-13H,3,6-11H2,1-2H3,(H3,25,26,27,28,29)/t13-/m0/s1. The number of carbonyl (C=O) groups excluding carboxylic acids is 1. The number of anilines is 3. The van der Waals surface area contributed by atoms with Crippen molar-refractivity contribution in [3.05, 3.63) is 28.9 Å². The van der Waals surface area contributed by atoms with Gasteiger partial charge >= 0.3 is 0 Å². The molecular weight excluding hydrogens is 460 g/mol. The lowest BCUT2D eigenvalue weighted by molar-refractivity contribution is 0.0298. The zero-order valence-electron chi connectivity index (χ0n) is 19.1. The number of amides is 1. The van der Waals surface area contributed by atoms with E-state index in [2.05, 4.69) is 39.4 Å². The molecule has 1 atom stereocenters. The fourth-order valence-electron chi connectivity index (χ4n) is 3.95.